The molecule has 0 saturated heterocycles. The second-order valence-electron chi connectivity index (χ2n) is 4.90. The Hall–Kier alpha value is -0.240. The summed E-state index contributed by atoms with van der Waals surface area (Å²) in [5, 5.41) is 1.27. The van der Waals surface area contributed by atoms with Gasteiger partial charge in [0.1, 0.15) is 0 Å². The normalized spacial score (nSPS) is 15.2. The first kappa shape index (κ1) is 13.8. The fraction of sp³-hybridized carbons (Fsp3) is 0.538. The molecule has 0 amide bonds. The number of hydrogen-bond acceptors (Lipinski definition) is 1. The van der Waals surface area contributed by atoms with E-state index in [9.17, 15) is 0 Å². The molecule has 0 bridgehead atoms. The van der Waals surface area contributed by atoms with E-state index in [-0.39, 0.29) is 5.41 Å². The number of halogens is 2. The molecule has 0 aliphatic carbocycles. The number of hydrogen-bond donors (Lipinski definition) is 1. The Balaban J connectivity index is 2.99. The van der Waals surface area contributed by atoms with Gasteiger partial charge in [-0.25, -0.2) is 0 Å². The zero-order valence-electron chi connectivity index (χ0n) is 10.1. The van der Waals surface area contributed by atoms with Gasteiger partial charge in [-0.1, -0.05) is 56.1 Å². The van der Waals surface area contributed by atoms with Gasteiger partial charge in [0.2, 0.25) is 0 Å². The highest BCUT2D eigenvalue weighted by atomic mass is 35.5. The van der Waals surface area contributed by atoms with Crippen molar-refractivity contribution in [2.45, 2.75) is 27.2 Å². The van der Waals surface area contributed by atoms with Crippen molar-refractivity contribution in [3.05, 3.63) is 33.8 Å². The van der Waals surface area contributed by atoms with Gasteiger partial charge in [0.15, 0.2) is 0 Å². The van der Waals surface area contributed by atoms with Crippen molar-refractivity contribution in [1.29, 1.82) is 0 Å². The molecular weight excluding hydrogens is 241 g/mol. The second kappa shape index (κ2) is 5.39. The van der Waals surface area contributed by atoms with Gasteiger partial charge in [-0.3, -0.25) is 0 Å². The molecule has 0 saturated carbocycles. The van der Waals surface area contributed by atoms with Gasteiger partial charge in [-0.05, 0) is 35.9 Å². The minimum atomic E-state index is 0.0638. The fourth-order valence-corrected chi connectivity index (χ4v) is 2.02. The fourth-order valence-electron chi connectivity index (χ4n) is 1.63. The van der Waals surface area contributed by atoms with Crippen LogP contribution in [0, 0.1) is 11.3 Å². The minimum absolute atomic E-state index is 0.0638. The van der Waals surface area contributed by atoms with Crippen LogP contribution in [0.1, 0.15) is 26.3 Å². The Kier molecular flexibility index (Phi) is 4.66. The molecule has 0 heterocycles. The maximum atomic E-state index is 6.19. The van der Waals surface area contributed by atoms with Crippen molar-refractivity contribution < 1.29 is 0 Å². The van der Waals surface area contributed by atoms with E-state index in [1.807, 2.05) is 18.2 Å². The summed E-state index contributed by atoms with van der Waals surface area (Å²) in [5.41, 5.74) is 7.01. The third kappa shape index (κ3) is 2.91. The summed E-state index contributed by atoms with van der Waals surface area (Å²) in [7, 11) is 0. The van der Waals surface area contributed by atoms with Gasteiger partial charge in [-0.2, -0.15) is 0 Å². The van der Waals surface area contributed by atoms with Crippen molar-refractivity contribution in [1.82, 2.24) is 0 Å². The van der Waals surface area contributed by atoms with Crippen LogP contribution in [-0.2, 0) is 6.42 Å². The zero-order chi connectivity index (χ0) is 12.3. The molecular formula is C13H19Cl2N. The van der Waals surface area contributed by atoms with Crippen molar-refractivity contribution in [3.63, 3.8) is 0 Å². The van der Waals surface area contributed by atoms with Gasteiger partial charge in [-0.15, -0.1) is 0 Å². The Labute approximate surface area is 108 Å². The van der Waals surface area contributed by atoms with Gasteiger partial charge in [0.25, 0.3) is 0 Å². The van der Waals surface area contributed by atoms with Crippen LogP contribution in [0.2, 0.25) is 10.0 Å². The summed E-state index contributed by atoms with van der Waals surface area (Å²) >= 11 is 12.2. The summed E-state index contributed by atoms with van der Waals surface area (Å²) in [4.78, 5) is 0. The predicted molar refractivity (Wildman–Crippen MR) is 72.2 cm³/mol. The van der Waals surface area contributed by atoms with E-state index >= 15 is 0 Å². The molecule has 0 aliphatic rings. The second-order valence-corrected chi connectivity index (χ2v) is 5.69. The van der Waals surface area contributed by atoms with Crippen molar-refractivity contribution in [2.75, 3.05) is 6.54 Å². The third-order valence-corrected chi connectivity index (χ3v) is 4.34. The Morgan fingerprint density at radius 3 is 2.44 bits per heavy atom. The smallest absolute Gasteiger partial charge is 0.0624 e. The van der Waals surface area contributed by atoms with Crippen LogP contribution < -0.4 is 5.73 Å². The monoisotopic (exact) mass is 259 g/mol. The maximum Gasteiger partial charge on any atom is 0.0624 e. The Morgan fingerprint density at radius 1 is 1.31 bits per heavy atom. The molecule has 0 spiro atoms. The van der Waals surface area contributed by atoms with Gasteiger partial charge >= 0.3 is 0 Å². The van der Waals surface area contributed by atoms with Crippen LogP contribution >= 0.6 is 23.2 Å². The van der Waals surface area contributed by atoms with Crippen LogP contribution in [0.4, 0.5) is 0 Å². The molecule has 0 aromatic heterocycles. The van der Waals surface area contributed by atoms with Crippen LogP contribution in [0.15, 0.2) is 18.2 Å². The van der Waals surface area contributed by atoms with Crippen LogP contribution in [-0.4, -0.2) is 6.54 Å². The molecule has 90 valence electrons. The largest absolute Gasteiger partial charge is 0.330 e. The highest BCUT2D eigenvalue weighted by Crippen LogP contribution is 2.34. The molecule has 1 rings (SSSR count). The topological polar surface area (TPSA) is 26.0 Å². The van der Waals surface area contributed by atoms with Crippen LogP contribution in [0.3, 0.4) is 0 Å². The molecule has 2 N–H and O–H groups in total. The molecule has 3 heteroatoms. The molecule has 0 fully saturated rings. The van der Waals surface area contributed by atoms with Crippen molar-refractivity contribution in [3.8, 4) is 0 Å². The summed E-state index contributed by atoms with van der Waals surface area (Å²) in [6.07, 6.45) is 0.862. The Morgan fingerprint density at radius 2 is 1.94 bits per heavy atom. The lowest BCUT2D eigenvalue weighted by atomic mass is 9.74. The predicted octanol–water partition coefficient (Wildman–Crippen LogP) is 4.16. The van der Waals surface area contributed by atoms with E-state index in [1.54, 1.807) is 0 Å². The van der Waals surface area contributed by atoms with E-state index in [2.05, 4.69) is 20.8 Å². The zero-order valence-corrected chi connectivity index (χ0v) is 11.6. The maximum absolute atomic E-state index is 6.19. The van der Waals surface area contributed by atoms with E-state index in [4.69, 9.17) is 28.9 Å². The van der Waals surface area contributed by atoms with Crippen molar-refractivity contribution in [2.24, 2.45) is 17.1 Å². The number of nitrogens with two attached hydrogens (primary N) is 1. The summed E-state index contributed by atoms with van der Waals surface area (Å²) in [6.45, 7) is 7.21. The first-order valence-corrected chi connectivity index (χ1v) is 6.29. The molecule has 1 aromatic carbocycles. The SMILES string of the molecule is CC(C)C(C)(CN)Cc1cccc(Cl)c1Cl. The highest BCUT2D eigenvalue weighted by molar-refractivity contribution is 6.42. The molecule has 0 aliphatic heterocycles. The van der Waals surface area contributed by atoms with Gasteiger partial charge < -0.3 is 5.73 Å². The average Bonchev–Trinajstić information content (AvgIpc) is 2.24. The van der Waals surface area contributed by atoms with E-state index < -0.39 is 0 Å². The lowest BCUT2D eigenvalue weighted by molar-refractivity contribution is 0.227. The van der Waals surface area contributed by atoms with E-state index in [0.29, 0.717) is 22.5 Å². The quantitative estimate of drug-likeness (QED) is 0.864. The summed E-state index contributed by atoms with van der Waals surface area (Å²) < 4.78 is 0. The molecule has 16 heavy (non-hydrogen) atoms. The molecule has 0 radical (unpaired) electrons. The van der Waals surface area contributed by atoms with E-state index in [1.165, 1.54) is 0 Å². The first-order valence-electron chi connectivity index (χ1n) is 5.53. The van der Waals surface area contributed by atoms with Crippen LogP contribution in [0.25, 0.3) is 0 Å². The molecule has 1 aromatic rings. The van der Waals surface area contributed by atoms with Gasteiger partial charge in [0.05, 0.1) is 10.0 Å². The highest BCUT2D eigenvalue weighted by Gasteiger charge is 2.28. The average molecular weight is 260 g/mol. The lowest BCUT2D eigenvalue weighted by Gasteiger charge is -2.33. The molecule has 1 nitrogen and oxygen atoms in total. The standard InChI is InChI=1S/C13H19Cl2N/c1-9(2)13(3,8-16)7-10-5-4-6-11(14)12(10)15/h4-6,9H,7-8,16H2,1-3H3. The minimum Gasteiger partial charge on any atom is -0.330 e. The first-order chi connectivity index (χ1) is 7.40. The summed E-state index contributed by atoms with van der Waals surface area (Å²) in [6, 6.07) is 5.76. The lowest BCUT2D eigenvalue weighted by Crippen LogP contribution is -2.34. The number of benzene rings is 1. The van der Waals surface area contributed by atoms with Gasteiger partial charge in [0, 0.05) is 0 Å². The van der Waals surface area contributed by atoms with E-state index in [0.717, 1.165) is 12.0 Å². The Bertz CT molecular complexity index is 363. The molecule has 1 unspecified atom stereocenters. The van der Waals surface area contributed by atoms with Crippen molar-refractivity contribution >= 4 is 23.2 Å². The summed E-state index contributed by atoms with van der Waals surface area (Å²) in [5.74, 6) is 0.507. The van der Waals surface area contributed by atoms with Crippen LogP contribution in [0.5, 0.6) is 0 Å². The third-order valence-electron chi connectivity index (χ3n) is 3.49. The molecule has 1 atom stereocenters. The number of rotatable bonds is 4.